The van der Waals surface area contributed by atoms with E-state index in [1.165, 1.54) is 7.05 Å². The second-order valence-electron chi connectivity index (χ2n) is 5.21. The van der Waals surface area contributed by atoms with Crippen molar-refractivity contribution in [1.29, 1.82) is 0 Å². The zero-order valence-electron chi connectivity index (χ0n) is 11.6. The minimum Gasteiger partial charge on any atom is -0.377 e. The van der Waals surface area contributed by atoms with Crippen molar-refractivity contribution in [2.45, 2.75) is 18.6 Å². The van der Waals surface area contributed by atoms with Crippen molar-refractivity contribution in [2.24, 2.45) is 5.41 Å². The smallest absolute Gasteiger partial charge is 0.377 e. The van der Waals surface area contributed by atoms with E-state index in [0.717, 1.165) is 4.90 Å². The monoisotopic (exact) mass is 309 g/mol. The fourth-order valence-corrected chi connectivity index (χ4v) is 2.74. The first-order valence-electron chi connectivity index (χ1n) is 6.71. The Balaban J connectivity index is 2.29. The summed E-state index contributed by atoms with van der Waals surface area (Å²) in [6, 6.07) is -1.02. The Hall–Kier alpha value is -1.35. The Morgan fingerprint density at radius 2 is 2.14 bits per heavy atom. The first kappa shape index (κ1) is 16.0. The van der Waals surface area contributed by atoms with Crippen LogP contribution >= 0.6 is 0 Å². The van der Waals surface area contributed by atoms with Crippen LogP contribution in [0.5, 0.6) is 0 Å². The van der Waals surface area contributed by atoms with Crippen molar-refractivity contribution < 1.29 is 27.5 Å². The van der Waals surface area contributed by atoms with Gasteiger partial charge in [0, 0.05) is 20.1 Å². The summed E-state index contributed by atoms with van der Waals surface area (Å²) in [5.41, 5.74) is -2.45. The number of nitrogens with zero attached hydrogens (tertiary/aromatic N) is 1. The van der Waals surface area contributed by atoms with Crippen LogP contribution in [0.1, 0.15) is 6.42 Å². The first-order valence-corrected chi connectivity index (χ1v) is 6.71. The van der Waals surface area contributed by atoms with E-state index in [9.17, 15) is 22.8 Å². The molecule has 120 valence electrons. The maximum absolute atomic E-state index is 13.4. The van der Waals surface area contributed by atoms with Crippen LogP contribution in [0.2, 0.25) is 0 Å². The fraction of sp³-hybridized carbons (Fsp3) is 0.833. The van der Waals surface area contributed by atoms with E-state index in [1.54, 1.807) is 0 Å². The molecule has 2 atom stereocenters. The highest BCUT2D eigenvalue weighted by molar-refractivity contribution is 5.91. The molecule has 0 aromatic rings. The summed E-state index contributed by atoms with van der Waals surface area (Å²) in [6.45, 7) is -0.310. The van der Waals surface area contributed by atoms with Gasteiger partial charge in [-0.15, -0.1) is 0 Å². The molecule has 2 unspecified atom stereocenters. The van der Waals surface area contributed by atoms with E-state index in [-0.39, 0.29) is 32.7 Å². The Morgan fingerprint density at radius 1 is 1.43 bits per heavy atom. The quantitative estimate of drug-likeness (QED) is 0.722. The van der Waals surface area contributed by atoms with Gasteiger partial charge in [-0.1, -0.05) is 0 Å². The molecular weight excluding hydrogens is 291 g/mol. The molecule has 9 heteroatoms. The molecule has 0 radical (unpaired) electrons. The molecule has 21 heavy (non-hydrogen) atoms. The number of carbonyl (C=O) groups is 2. The van der Waals surface area contributed by atoms with Gasteiger partial charge >= 0.3 is 6.18 Å². The highest BCUT2D eigenvalue weighted by Crippen LogP contribution is 2.44. The van der Waals surface area contributed by atoms with Gasteiger partial charge in [-0.2, -0.15) is 13.2 Å². The molecule has 2 aliphatic rings. The molecular formula is C12H18F3N3O3. The minimum atomic E-state index is -4.65. The summed E-state index contributed by atoms with van der Waals surface area (Å²) >= 11 is 0. The molecule has 2 heterocycles. The molecule has 0 spiro atoms. The molecule has 0 aromatic heterocycles. The SMILES string of the molecule is CNC(=O)C1COCCN1C(=O)C1(C(F)(F)F)CCNC1. The van der Waals surface area contributed by atoms with E-state index in [1.807, 2.05) is 0 Å². The minimum absolute atomic E-state index is 0.0191. The lowest BCUT2D eigenvalue weighted by Gasteiger charge is -2.40. The van der Waals surface area contributed by atoms with Crippen molar-refractivity contribution in [1.82, 2.24) is 15.5 Å². The number of nitrogens with one attached hydrogen (secondary N) is 2. The topological polar surface area (TPSA) is 70.7 Å². The largest absolute Gasteiger partial charge is 0.404 e. The number of alkyl halides is 3. The summed E-state index contributed by atoms with van der Waals surface area (Å²) in [5.74, 6) is -1.57. The molecule has 2 amide bonds. The van der Waals surface area contributed by atoms with Crippen molar-refractivity contribution in [3.63, 3.8) is 0 Å². The van der Waals surface area contributed by atoms with Crippen LogP contribution in [0, 0.1) is 5.41 Å². The van der Waals surface area contributed by atoms with Gasteiger partial charge in [-0.05, 0) is 13.0 Å². The molecule has 0 aliphatic carbocycles. The van der Waals surface area contributed by atoms with E-state index in [0.29, 0.717) is 0 Å². The van der Waals surface area contributed by atoms with Crippen LogP contribution in [0.4, 0.5) is 13.2 Å². The molecule has 0 saturated carbocycles. The number of ether oxygens (including phenoxy) is 1. The van der Waals surface area contributed by atoms with Gasteiger partial charge in [0.1, 0.15) is 6.04 Å². The van der Waals surface area contributed by atoms with Crippen LogP contribution in [0.3, 0.4) is 0 Å². The predicted molar refractivity (Wildman–Crippen MR) is 66.4 cm³/mol. The van der Waals surface area contributed by atoms with E-state index >= 15 is 0 Å². The van der Waals surface area contributed by atoms with Crippen LogP contribution in [0.25, 0.3) is 0 Å². The normalized spacial score (nSPS) is 30.3. The van der Waals surface area contributed by atoms with Gasteiger partial charge in [-0.3, -0.25) is 9.59 Å². The van der Waals surface area contributed by atoms with Gasteiger partial charge in [0.2, 0.25) is 11.8 Å². The van der Waals surface area contributed by atoms with Crippen LogP contribution in [0.15, 0.2) is 0 Å². The maximum atomic E-state index is 13.4. The van der Waals surface area contributed by atoms with Crippen molar-refractivity contribution in [3.8, 4) is 0 Å². The van der Waals surface area contributed by atoms with Gasteiger partial charge in [0.05, 0.1) is 13.2 Å². The molecule has 6 nitrogen and oxygen atoms in total. The summed E-state index contributed by atoms with van der Waals surface area (Å²) in [7, 11) is 1.37. The number of likely N-dealkylation sites (N-methyl/N-ethyl adjacent to an activating group) is 1. The van der Waals surface area contributed by atoms with Crippen LogP contribution in [-0.2, 0) is 14.3 Å². The van der Waals surface area contributed by atoms with Gasteiger partial charge < -0.3 is 20.3 Å². The van der Waals surface area contributed by atoms with Gasteiger partial charge in [-0.25, -0.2) is 0 Å². The molecule has 0 bridgehead atoms. The molecule has 2 aliphatic heterocycles. The van der Waals surface area contributed by atoms with E-state index in [4.69, 9.17) is 4.74 Å². The second-order valence-corrected chi connectivity index (χ2v) is 5.21. The van der Waals surface area contributed by atoms with Crippen LogP contribution in [-0.4, -0.2) is 68.8 Å². The van der Waals surface area contributed by atoms with Crippen molar-refractivity contribution in [2.75, 3.05) is 39.9 Å². The Morgan fingerprint density at radius 3 is 2.67 bits per heavy atom. The highest BCUT2D eigenvalue weighted by atomic mass is 19.4. The number of carbonyl (C=O) groups excluding carboxylic acids is 2. The Labute approximate surface area is 120 Å². The van der Waals surface area contributed by atoms with E-state index < -0.39 is 36.0 Å². The lowest BCUT2D eigenvalue weighted by molar-refractivity contribution is -0.225. The van der Waals surface area contributed by atoms with Crippen molar-refractivity contribution in [3.05, 3.63) is 0 Å². The van der Waals surface area contributed by atoms with Gasteiger partial charge in [0.25, 0.3) is 0 Å². The number of hydrogen-bond acceptors (Lipinski definition) is 4. The number of hydrogen-bond donors (Lipinski definition) is 2. The standard InChI is InChI=1S/C12H18F3N3O3/c1-16-9(19)8-6-21-5-4-18(8)10(20)11(12(13,14)15)2-3-17-7-11/h8,17H,2-7H2,1H3,(H,16,19). The zero-order chi connectivity index (χ0) is 15.7. The average molecular weight is 309 g/mol. The second kappa shape index (κ2) is 5.80. The fourth-order valence-electron chi connectivity index (χ4n) is 2.74. The molecule has 2 fully saturated rings. The zero-order valence-corrected chi connectivity index (χ0v) is 11.6. The lowest BCUT2D eigenvalue weighted by atomic mass is 9.84. The Kier molecular flexibility index (Phi) is 4.43. The Bertz CT molecular complexity index is 422. The number of morpholine rings is 1. The third-order valence-electron chi connectivity index (χ3n) is 4.05. The maximum Gasteiger partial charge on any atom is 0.404 e. The highest BCUT2D eigenvalue weighted by Gasteiger charge is 2.63. The summed E-state index contributed by atoms with van der Waals surface area (Å²) in [4.78, 5) is 25.3. The molecule has 2 saturated heterocycles. The lowest BCUT2D eigenvalue weighted by Crippen LogP contribution is -2.62. The predicted octanol–water partition coefficient (Wildman–Crippen LogP) is -0.498. The van der Waals surface area contributed by atoms with Gasteiger partial charge in [0.15, 0.2) is 5.41 Å². The summed E-state index contributed by atoms with van der Waals surface area (Å²) < 4.78 is 45.4. The summed E-state index contributed by atoms with van der Waals surface area (Å²) in [6.07, 6.45) is -4.97. The summed E-state index contributed by atoms with van der Waals surface area (Å²) in [5, 5.41) is 4.95. The third-order valence-corrected chi connectivity index (χ3v) is 4.05. The molecule has 0 aromatic carbocycles. The number of amides is 2. The van der Waals surface area contributed by atoms with Crippen LogP contribution < -0.4 is 10.6 Å². The third kappa shape index (κ3) is 2.71. The number of halogens is 3. The number of rotatable bonds is 2. The average Bonchev–Trinajstić information content (AvgIpc) is 2.96. The molecule has 2 rings (SSSR count). The van der Waals surface area contributed by atoms with E-state index in [2.05, 4.69) is 10.6 Å². The van der Waals surface area contributed by atoms with Crippen molar-refractivity contribution >= 4 is 11.8 Å². The first-order chi connectivity index (χ1) is 9.83. The molecule has 2 N–H and O–H groups in total.